The summed E-state index contributed by atoms with van der Waals surface area (Å²) in [5.74, 6) is -0.147. The van der Waals surface area contributed by atoms with Crippen molar-refractivity contribution in [2.24, 2.45) is 5.92 Å². The van der Waals surface area contributed by atoms with Gasteiger partial charge in [-0.1, -0.05) is 56.3 Å². The third kappa shape index (κ3) is 6.28. The minimum atomic E-state index is -0.270. The van der Waals surface area contributed by atoms with E-state index in [2.05, 4.69) is 45.7 Å². The number of hydrogen-bond acceptors (Lipinski definition) is 3. The van der Waals surface area contributed by atoms with Crippen LogP contribution in [0.25, 0.3) is 0 Å². The fourth-order valence-corrected chi connectivity index (χ4v) is 2.98. The van der Waals surface area contributed by atoms with E-state index in [0.717, 1.165) is 10.0 Å². The molecule has 0 fully saturated rings. The second-order valence-electron chi connectivity index (χ2n) is 6.32. The van der Waals surface area contributed by atoms with Gasteiger partial charge in [-0.3, -0.25) is 9.59 Å². The number of rotatable bonds is 8. The lowest BCUT2D eigenvalue weighted by Gasteiger charge is -2.22. The van der Waals surface area contributed by atoms with E-state index >= 15 is 0 Å². The zero-order valence-electron chi connectivity index (χ0n) is 15.0. The van der Waals surface area contributed by atoms with Crippen molar-refractivity contribution in [2.75, 3.05) is 18.4 Å². The molecule has 0 bridgehead atoms. The molecule has 0 saturated heterocycles. The summed E-state index contributed by atoms with van der Waals surface area (Å²) in [6, 6.07) is 17.4. The van der Waals surface area contributed by atoms with Crippen LogP contribution in [0.4, 0.5) is 5.69 Å². The summed E-state index contributed by atoms with van der Waals surface area (Å²) in [5.41, 5.74) is 1.82. The first-order valence-corrected chi connectivity index (χ1v) is 9.36. The highest BCUT2D eigenvalue weighted by Crippen LogP contribution is 2.21. The summed E-state index contributed by atoms with van der Waals surface area (Å²) < 4.78 is 0.795. The summed E-state index contributed by atoms with van der Waals surface area (Å²) >= 11 is 3.37. The monoisotopic (exact) mass is 417 g/mol. The van der Waals surface area contributed by atoms with Crippen LogP contribution in [0.5, 0.6) is 0 Å². The molecule has 0 saturated carbocycles. The van der Waals surface area contributed by atoms with Crippen LogP contribution in [0, 0.1) is 5.92 Å². The molecule has 2 rings (SSSR count). The van der Waals surface area contributed by atoms with Crippen LogP contribution < -0.4 is 16.0 Å². The summed E-state index contributed by atoms with van der Waals surface area (Å²) in [6.45, 7) is 4.29. The van der Waals surface area contributed by atoms with Gasteiger partial charge in [-0.15, -0.1) is 0 Å². The van der Waals surface area contributed by atoms with Gasteiger partial charge in [0.1, 0.15) is 0 Å². The van der Waals surface area contributed by atoms with Crippen molar-refractivity contribution in [3.63, 3.8) is 0 Å². The summed E-state index contributed by atoms with van der Waals surface area (Å²) in [5, 5.41) is 8.66. The number of nitrogens with one attached hydrogen (secondary N) is 3. The van der Waals surface area contributed by atoms with Crippen LogP contribution in [-0.2, 0) is 9.59 Å². The quantitative estimate of drug-likeness (QED) is 0.615. The van der Waals surface area contributed by atoms with Crippen molar-refractivity contribution in [1.82, 2.24) is 10.6 Å². The predicted molar refractivity (Wildman–Crippen MR) is 108 cm³/mol. The topological polar surface area (TPSA) is 70.2 Å². The third-order valence-electron chi connectivity index (χ3n) is 3.90. The fraction of sp³-hybridized carbons (Fsp3) is 0.300. The van der Waals surface area contributed by atoms with Gasteiger partial charge in [0.05, 0.1) is 18.8 Å². The highest BCUT2D eigenvalue weighted by Gasteiger charge is 2.16. The van der Waals surface area contributed by atoms with E-state index in [1.165, 1.54) is 0 Å². The van der Waals surface area contributed by atoms with Gasteiger partial charge in [0.25, 0.3) is 0 Å². The first-order chi connectivity index (χ1) is 12.5. The van der Waals surface area contributed by atoms with Crippen molar-refractivity contribution in [1.29, 1.82) is 0 Å². The molecule has 6 heteroatoms. The molecular formula is C20H24BrN3O2. The maximum absolute atomic E-state index is 12.1. The average Bonchev–Trinajstić information content (AvgIpc) is 2.63. The molecule has 0 heterocycles. The Hall–Kier alpha value is -2.18. The fourth-order valence-electron chi connectivity index (χ4n) is 2.60. The number of anilines is 1. The van der Waals surface area contributed by atoms with Gasteiger partial charge < -0.3 is 16.0 Å². The molecule has 2 amide bonds. The molecule has 26 heavy (non-hydrogen) atoms. The molecule has 0 aliphatic rings. The molecule has 0 aliphatic heterocycles. The standard InChI is InChI=1S/C20H24BrN3O2/c1-14(2)20(15-8-4-3-5-9-15)23-12-18(25)22-13-19(26)24-17-11-7-6-10-16(17)21/h3-11,14,20,23H,12-13H2,1-2H3,(H,22,25)(H,24,26)/t20-/m1/s1. The highest BCUT2D eigenvalue weighted by atomic mass is 79.9. The van der Waals surface area contributed by atoms with E-state index in [-0.39, 0.29) is 30.9 Å². The molecule has 0 aliphatic carbocycles. The van der Waals surface area contributed by atoms with Crippen LogP contribution in [0.1, 0.15) is 25.5 Å². The van der Waals surface area contributed by atoms with E-state index in [1.807, 2.05) is 48.5 Å². The molecule has 2 aromatic carbocycles. The number of hydrogen-bond donors (Lipinski definition) is 3. The maximum atomic E-state index is 12.1. The number of carbonyl (C=O) groups is 2. The minimum absolute atomic E-state index is 0.0699. The molecule has 1 atom stereocenters. The normalized spacial score (nSPS) is 11.8. The van der Waals surface area contributed by atoms with E-state index in [9.17, 15) is 9.59 Å². The Morgan fingerprint density at radius 3 is 2.23 bits per heavy atom. The largest absolute Gasteiger partial charge is 0.346 e. The van der Waals surface area contributed by atoms with Gasteiger partial charge >= 0.3 is 0 Å². The van der Waals surface area contributed by atoms with Gasteiger partial charge in [0.2, 0.25) is 11.8 Å². The third-order valence-corrected chi connectivity index (χ3v) is 4.59. The number of benzene rings is 2. The van der Waals surface area contributed by atoms with E-state index in [1.54, 1.807) is 6.07 Å². The molecule has 0 aromatic heterocycles. The predicted octanol–water partition coefficient (Wildman–Crippen LogP) is 3.49. The second-order valence-corrected chi connectivity index (χ2v) is 7.17. The molecule has 2 aromatic rings. The molecule has 3 N–H and O–H groups in total. The zero-order chi connectivity index (χ0) is 18.9. The van der Waals surface area contributed by atoms with E-state index in [4.69, 9.17) is 0 Å². The van der Waals surface area contributed by atoms with Crippen LogP contribution in [0.2, 0.25) is 0 Å². The Kier molecular flexibility index (Phi) is 7.81. The van der Waals surface area contributed by atoms with E-state index in [0.29, 0.717) is 11.6 Å². The Labute approximate surface area is 162 Å². The molecule has 0 unspecified atom stereocenters. The zero-order valence-corrected chi connectivity index (χ0v) is 16.5. The number of halogens is 1. The lowest BCUT2D eigenvalue weighted by molar-refractivity contribution is -0.123. The van der Waals surface area contributed by atoms with Gasteiger partial charge in [-0.05, 0) is 39.5 Å². The number of amides is 2. The van der Waals surface area contributed by atoms with Crippen molar-refractivity contribution in [2.45, 2.75) is 19.9 Å². The summed E-state index contributed by atoms with van der Waals surface area (Å²) in [6.07, 6.45) is 0. The minimum Gasteiger partial charge on any atom is -0.346 e. The second kappa shape index (κ2) is 10.1. The lowest BCUT2D eigenvalue weighted by atomic mass is 9.96. The molecule has 138 valence electrons. The average molecular weight is 418 g/mol. The van der Waals surface area contributed by atoms with E-state index < -0.39 is 0 Å². The van der Waals surface area contributed by atoms with Crippen LogP contribution in [-0.4, -0.2) is 24.9 Å². The van der Waals surface area contributed by atoms with Crippen LogP contribution in [0.15, 0.2) is 59.1 Å². The maximum Gasteiger partial charge on any atom is 0.243 e. The van der Waals surface area contributed by atoms with Crippen molar-refractivity contribution < 1.29 is 9.59 Å². The first kappa shape index (κ1) is 20.1. The SMILES string of the molecule is CC(C)[C@@H](NCC(=O)NCC(=O)Nc1ccccc1Br)c1ccccc1. The highest BCUT2D eigenvalue weighted by molar-refractivity contribution is 9.10. The van der Waals surface area contributed by atoms with Crippen molar-refractivity contribution in [3.05, 3.63) is 64.6 Å². The Morgan fingerprint density at radius 2 is 1.58 bits per heavy atom. The van der Waals surface area contributed by atoms with Crippen molar-refractivity contribution in [3.8, 4) is 0 Å². The molecule has 5 nitrogen and oxygen atoms in total. The lowest BCUT2D eigenvalue weighted by Crippen LogP contribution is -2.40. The Bertz CT molecular complexity index is 735. The first-order valence-electron chi connectivity index (χ1n) is 8.56. The number of carbonyl (C=O) groups excluding carboxylic acids is 2. The Balaban J connectivity index is 1.79. The van der Waals surface area contributed by atoms with Gasteiger partial charge in [-0.25, -0.2) is 0 Å². The smallest absolute Gasteiger partial charge is 0.243 e. The van der Waals surface area contributed by atoms with Crippen LogP contribution in [0.3, 0.4) is 0 Å². The number of para-hydroxylation sites is 1. The van der Waals surface area contributed by atoms with Crippen LogP contribution >= 0.6 is 15.9 Å². The molecule has 0 radical (unpaired) electrons. The Morgan fingerprint density at radius 1 is 0.923 bits per heavy atom. The van der Waals surface area contributed by atoms with Crippen molar-refractivity contribution >= 4 is 33.4 Å². The van der Waals surface area contributed by atoms with Gasteiger partial charge in [0.15, 0.2) is 0 Å². The summed E-state index contributed by atoms with van der Waals surface area (Å²) in [4.78, 5) is 24.0. The van der Waals surface area contributed by atoms with Gasteiger partial charge in [0, 0.05) is 10.5 Å². The molecule has 0 spiro atoms. The molecular weight excluding hydrogens is 394 g/mol. The van der Waals surface area contributed by atoms with Gasteiger partial charge in [-0.2, -0.15) is 0 Å². The summed E-state index contributed by atoms with van der Waals surface area (Å²) in [7, 11) is 0.